The highest BCUT2D eigenvalue weighted by Gasteiger charge is 2.27. The molecule has 2 aromatic carbocycles. The molecule has 0 saturated carbocycles. The maximum atomic E-state index is 12.0. The Morgan fingerprint density at radius 2 is 1.89 bits per heavy atom. The molecule has 1 saturated heterocycles. The lowest BCUT2D eigenvalue weighted by atomic mass is 10.0. The molecule has 28 heavy (non-hydrogen) atoms. The van der Waals surface area contributed by atoms with Crippen LogP contribution in [0.5, 0.6) is 5.75 Å². The summed E-state index contributed by atoms with van der Waals surface area (Å²) in [5.41, 5.74) is 0.597. The summed E-state index contributed by atoms with van der Waals surface area (Å²) >= 11 is 0. The second-order valence-electron chi connectivity index (χ2n) is 6.72. The normalized spacial score (nSPS) is 14.7. The Morgan fingerprint density at radius 3 is 2.57 bits per heavy atom. The molecule has 1 aliphatic rings. The first-order valence-corrected chi connectivity index (χ1v) is 9.41. The molecule has 0 radical (unpaired) electrons. The number of likely N-dealkylation sites (tertiary alicyclic amines) is 1. The monoisotopic (exact) mass is 387 g/mol. The van der Waals surface area contributed by atoms with Crippen molar-refractivity contribution in [3.05, 3.63) is 50.3 Å². The van der Waals surface area contributed by atoms with Gasteiger partial charge in [-0.2, -0.15) is 0 Å². The van der Waals surface area contributed by atoms with Gasteiger partial charge in [-0.15, -0.1) is 0 Å². The smallest absolute Gasteiger partial charge is 0.409 e. The zero-order chi connectivity index (χ0) is 20.1. The number of ether oxygens (including phenoxy) is 2. The standard InChI is InChI=1S/C20H25N3O5/c1-3-28-20(26)23-9-7-14(8-10-23)22-17-16(18(24)19(17)25)21-12-13-5-4-6-15(11-13)27-2/h4-6,11,14,21-22H,3,7-10,12H2,1-2H3. The average molecular weight is 387 g/mol. The number of hydrogen-bond acceptors (Lipinski definition) is 7. The number of methoxy groups -OCH3 is 1. The number of nitrogens with zero attached hydrogens (tertiary/aromatic N) is 1. The van der Waals surface area contributed by atoms with Gasteiger partial charge in [-0.25, -0.2) is 4.79 Å². The Morgan fingerprint density at radius 1 is 1.18 bits per heavy atom. The van der Waals surface area contributed by atoms with Crippen LogP contribution in [0.1, 0.15) is 25.3 Å². The fourth-order valence-electron chi connectivity index (χ4n) is 3.30. The summed E-state index contributed by atoms with van der Waals surface area (Å²) in [6.45, 7) is 3.65. The van der Waals surface area contributed by atoms with Crippen LogP contribution in [-0.4, -0.2) is 43.8 Å². The van der Waals surface area contributed by atoms with E-state index in [1.165, 1.54) is 0 Å². The first kappa shape index (κ1) is 19.7. The number of piperidine rings is 1. The molecule has 0 aromatic heterocycles. The van der Waals surface area contributed by atoms with Crippen LogP contribution in [0.4, 0.5) is 16.2 Å². The van der Waals surface area contributed by atoms with E-state index in [-0.39, 0.29) is 12.1 Å². The molecule has 1 heterocycles. The Kier molecular flexibility index (Phi) is 6.18. The molecule has 2 N–H and O–H groups in total. The van der Waals surface area contributed by atoms with Gasteiger partial charge >= 0.3 is 6.09 Å². The Bertz CT molecular complexity index is 896. The van der Waals surface area contributed by atoms with Gasteiger partial charge in [0.1, 0.15) is 17.1 Å². The van der Waals surface area contributed by atoms with E-state index in [0.29, 0.717) is 50.5 Å². The van der Waals surface area contributed by atoms with Crippen LogP contribution in [0.3, 0.4) is 0 Å². The van der Waals surface area contributed by atoms with Gasteiger partial charge in [-0.05, 0) is 37.5 Å². The van der Waals surface area contributed by atoms with Crippen molar-refractivity contribution in [2.45, 2.75) is 32.4 Å². The quantitative estimate of drug-likeness (QED) is 0.701. The van der Waals surface area contributed by atoms with E-state index in [1.54, 1.807) is 18.9 Å². The molecule has 1 amide bonds. The molecule has 2 aromatic rings. The van der Waals surface area contributed by atoms with Crippen molar-refractivity contribution >= 4 is 17.5 Å². The SMILES string of the molecule is CCOC(=O)N1CCC(Nc2c(NCc3cccc(OC)c3)c(=O)c2=O)CC1. The van der Waals surface area contributed by atoms with E-state index in [0.717, 1.165) is 11.3 Å². The first-order chi connectivity index (χ1) is 13.5. The molecule has 1 aliphatic heterocycles. The van der Waals surface area contributed by atoms with Crippen LogP contribution in [0.2, 0.25) is 0 Å². The van der Waals surface area contributed by atoms with Crippen molar-refractivity contribution in [2.24, 2.45) is 0 Å². The van der Waals surface area contributed by atoms with E-state index in [4.69, 9.17) is 9.47 Å². The predicted molar refractivity (Wildman–Crippen MR) is 107 cm³/mol. The van der Waals surface area contributed by atoms with E-state index >= 15 is 0 Å². The third kappa shape index (κ3) is 4.27. The zero-order valence-electron chi connectivity index (χ0n) is 16.1. The van der Waals surface area contributed by atoms with Crippen LogP contribution in [0.15, 0.2) is 33.9 Å². The van der Waals surface area contributed by atoms with Gasteiger partial charge in [0.2, 0.25) is 0 Å². The summed E-state index contributed by atoms with van der Waals surface area (Å²) in [4.78, 5) is 37.4. The molecule has 150 valence electrons. The molecule has 0 bridgehead atoms. The molecule has 3 rings (SSSR count). The summed E-state index contributed by atoms with van der Waals surface area (Å²) < 4.78 is 10.2. The van der Waals surface area contributed by atoms with Crippen LogP contribution in [0.25, 0.3) is 0 Å². The summed E-state index contributed by atoms with van der Waals surface area (Å²) in [6, 6.07) is 7.53. The maximum Gasteiger partial charge on any atom is 0.409 e. The summed E-state index contributed by atoms with van der Waals surface area (Å²) in [5, 5.41) is 6.24. The van der Waals surface area contributed by atoms with E-state index in [9.17, 15) is 14.4 Å². The molecule has 0 atom stereocenters. The van der Waals surface area contributed by atoms with Crippen LogP contribution in [-0.2, 0) is 11.3 Å². The number of amides is 1. The van der Waals surface area contributed by atoms with Crippen molar-refractivity contribution in [3.8, 4) is 5.75 Å². The summed E-state index contributed by atoms with van der Waals surface area (Å²) in [7, 11) is 1.60. The topological polar surface area (TPSA) is 97.0 Å². The third-order valence-electron chi connectivity index (χ3n) is 4.88. The van der Waals surface area contributed by atoms with Gasteiger partial charge in [0, 0.05) is 25.7 Å². The highest BCUT2D eigenvalue weighted by atomic mass is 16.6. The van der Waals surface area contributed by atoms with Gasteiger partial charge in [-0.1, -0.05) is 12.1 Å². The molecule has 0 spiro atoms. The van der Waals surface area contributed by atoms with Crippen LogP contribution < -0.4 is 26.2 Å². The fraction of sp³-hybridized carbons (Fsp3) is 0.450. The van der Waals surface area contributed by atoms with E-state index in [1.807, 2.05) is 24.3 Å². The number of benzene rings is 1. The molecule has 8 nitrogen and oxygen atoms in total. The number of nitrogens with one attached hydrogen (secondary N) is 2. The van der Waals surface area contributed by atoms with Crippen molar-refractivity contribution in [3.63, 3.8) is 0 Å². The molecule has 1 fully saturated rings. The minimum atomic E-state index is -0.505. The summed E-state index contributed by atoms with van der Waals surface area (Å²) in [5.74, 6) is 0.732. The van der Waals surface area contributed by atoms with Gasteiger partial charge in [0.05, 0.1) is 13.7 Å². The fourth-order valence-corrected chi connectivity index (χ4v) is 3.30. The lowest BCUT2D eigenvalue weighted by molar-refractivity contribution is 0.0983. The van der Waals surface area contributed by atoms with E-state index in [2.05, 4.69) is 10.6 Å². The van der Waals surface area contributed by atoms with Crippen molar-refractivity contribution in [1.29, 1.82) is 0 Å². The Balaban J connectivity index is 1.57. The minimum Gasteiger partial charge on any atom is -0.497 e. The zero-order valence-corrected chi connectivity index (χ0v) is 16.1. The second kappa shape index (κ2) is 8.77. The highest BCUT2D eigenvalue weighted by molar-refractivity contribution is 5.74. The number of carbonyl (C=O) groups is 1. The number of rotatable bonds is 7. The number of carbonyl (C=O) groups excluding carboxylic acids is 1. The predicted octanol–water partition coefficient (Wildman–Crippen LogP) is 1.94. The minimum absolute atomic E-state index is 0.0337. The second-order valence-corrected chi connectivity index (χ2v) is 6.72. The molecule has 0 unspecified atom stereocenters. The first-order valence-electron chi connectivity index (χ1n) is 9.41. The maximum absolute atomic E-state index is 12.0. The molecular weight excluding hydrogens is 362 g/mol. The van der Waals surface area contributed by atoms with Gasteiger partial charge in [-0.3, -0.25) is 9.59 Å². The van der Waals surface area contributed by atoms with Crippen molar-refractivity contribution < 1.29 is 14.3 Å². The Labute approximate surface area is 163 Å². The van der Waals surface area contributed by atoms with Crippen LogP contribution in [0, 0.1) is 0 Å². The van der Waals surface area contributed by atoms with Crippen LogP contribution >= 0.6 is 0 Å². The number of anilines is 2. The van der Waals surface area contributed by atoms with Crippen molar-refractivity contribution in [2.75, 3.05) is 37.4 Å². The van der Waals surface area contributed by atoms with Gasteiger partial charge in [0.25, 0.3) is 10.9 Å². The lowest BCUT2D eigenvalue weighted by Gasteiger charge is -2.32. The molecule has 8 heteroatoms. The van der Waals surface area contributed by atoms with E-state index < -0.39 is 10.9 Å². The van der Waals surface area contributed by atoms with Gasteiger partial charge in [0.15, 0.2) is 0 Å². The average Bonchev–Trinajstić information content (AvgIpc) is 2.73. The third-order valence-corrected chi connectivity index (χ3v) is 4.88. The highest BCUT2D eigenvalue weighted by Crippen LogP contribution is 2.22. The largest absolute Gasteiger partial charge is 0.497 e. The number of hydrogen-bond donors (Lipinski definition) is 2. The summed E-state index contributed by atoms with van der Waals surface area (Å²) in [6.07, 6.45) is 1.07. The lowest BCUT2D eigenvalue weighted by Crippen LogP contribution is -2.45. The van der Waals surface area contributed by atoms with Gasteiger partial charge < -0.3 is 25.0 Å². The molecular formula is C20H25N3O5. The Hall–Kier alpha value is -3.03. The van der Waals surface area contributed by atoms with Crippen molar-refractivity contribution in [1.82, 2.24) is 4.90 Å². The molecule has 0 aliphatic carbocycles.